The van der Waals surface area contributed by atoms with E-state index in [0.717, 1.165) is 21.7 Å². The van der Waals surface area contributed by atoms with E-state index in [4.69, 9.17) is 16.3 Å². The molecule has 1 unspecified atom stereocenters. The number of anilines is 2. The molecule has 2 aromatic rings. The largest absolute Gasteiger partial charge is 0.495 e. The van der Waals surface area contributed by atoms with Crippen molar-refractivity contribution in [1.82, 2.24) is 0 Å². The maximum absolute atomic E-state index is 13.0. The van der Waals surface area contributed by atoms with Crippen LogP contribution < -0.4 is 14.4 Å². The number of aryl methyl sites for hydroxylation is 2. The lowest BCUT2D eigenvalue weighted by Gasteiger charge is -2.31. The van der Waals surface area contributed by atoms with Crippen LogP contribution in [0.4, 0.5) is 11.4 Å². The van der Waals surface area contributed by atoms with Crippen LogP contribution >= 0.6 is 11.6 Å². The van der Waals surface area contributed by atoms with Crippen molar-refractivity contribution in [3.05, 3.63) is 52.5 Å². The minimum Gasteiger partial charge on any atom is -0.495 e. The van der Waals surface area contributed by atoms with Crippen molar-refractivity contribution in [2.45, 2.75) is 33.2 Å². The summed E-state index contributed by atoms with van der Waals surface area (Å²) in [5.74, 6) is -0.118. The zero-order chi connectivity index (χ0) is 21.1. The Morgan fingerprint density at radius 2 is 1.79 bits per heavy atom. The van der Waals surface area contributed by atoms with Crippen LogP contribution in [0.3, 0.4) is 0 Å². The van der Waals surface area contributed by atoms with Crippen molar-refractivity contribution in [1.29, 1.82) is 0 Å². The summed E-state index contributed by atoms with van der Waals surface area (Å²) >= 11 is 6.08. The van der Waals surface area contributed by atoms with Gasteiger partial charge in [-0.1, -0.05) is 24.6 Å². The Morgan fingerprint density at radius 3 is 2.29 bits per heavy atom. The molecular formula is C20H25ClN2O4S. The normalized spacial score (nSPS) is 12.4. The van der Waals surface area contributed by atoms with Gasteiger partial charge in [-0.3, -0.25) is 9.10 Å². The molecule has 28 heavy (non-hydrogen) atoms. The second kappa shape index (κ2) is 8.84. The molecule has 2 rings (SSSR count). The minimum absolute atomic E-state index is 0.222. The number of rotatable bonds is 7. The third-order valence-corrected chi connectivity index (χ3v) is 5.60. The Morgan fingerprint density at radius 1 is 1.18 bits per heavy atom. The molecule has 6 nitrogen and oxygen atoms in total. The summed E-state index contributed by atoms with van der Waals surface area (Å²) in [6.07, 6.45) is 1.32. The Bertz CT molecular complexity index is 956. The van der Waals surface area contributed by atoms with Crippen LogP contribution in [-0.4, -0.2) is 33.7 Å². The summed E-state index contributed by atoms with van der Waals surface area (Å²) in [5, 5.41) is 3.17. The molecule has 0 saturated carbocycles. The molecule has 0 aliphatic heterocycles. The van der Waals surface area contributed by atoms with E-state index in [1.54, 1.807) is 19.1 Å². The third kappa shape index (κ3) is 5.17. The van der Waals surface area contributed by atoms with E-state index in [1.165, 1.54) is 13.2 Å². The number of ether oxygens (including phenoxy) is 1. The molecular weight excluding hydrogens is 400 g/mol. The molecule has 0 aromatic heterocycles. The van der Waals surface area contributed by atoms with Gasteiger partial charge in [-0.05, 0) is 61.7 Å². The topological polar surface area (TPSA) is 75.7 Å². The average Bonchev–Trinajstić information content (AvgIpc) is 2.57. The van der Waals surface area contributed by atoms with Gasteiger partial charge in [0.15, 0.2) is 0 Å². The Labute approximate surface area is 171 Å². The van der Waals surface area contributed by atoms with Crippen LogP contribution in [0.15, 0.2) is 36.4 Å². The van der Waals surface area contributed by atoms with Crippen LogP contribution in [-0.2, 0) is 14.8 Å². The van der Waals surface area contributed by atoms with Crippen molar-refractivity contribution in [2.75, 3.05) is 23.0 Å². The van der Waals surface area contributed by atoms with E-state index in [9.17, 15) is 13.2 Å². The first-order valence-corrected chi connectivity index (χ1v) is 11.0. The number of carbonyl (C=O) groups is 1. The zero-order valence-corrected chi connectivity index (χ0v) is 18.2. The number of nitrogens with zero attached hydrogens (tertiary/aromatic N) is 1. The highest BCUT2D eigenvalue weighted by atomic mass is 35.5. The van der Waals surface area contributed by atoms with Crippen LogP contribution in [0.25, 0.3) is 0 Å². The Balaban J connectivity index is 2.49. The van der Waals surface area contributed by atoms with E-state index in [2.05, 4.69) is 5.32 Å². The van der Waals surface area contributed by atoms with Gasteiger partial charge < -0.3 is 10.1 Å². The Hall–Kier alpha value is -2.25. The monoisotopic (exact) mass is 424 g/mol. The molecule has 8 heteroatoms. The third-order valence-electron chi connectivity index (χ3n) is 4.20. The van der Waals surface area contributed by atoms with Gasteiger partial charge >= 0.3 is 0 Å². The number of nitrogens with one attached hydrogen (secondary N) is 1. The molecule has 0 radical (unpaired) electrons. The van der Waals surface area contributed by atoms with Gasteiger partial charge in [0.05, 0.1) is 19.1 Å². The molecule has 0 bridgehead atoms. The van der Waals surface area contributed by atoms with Crippen molar-refractivity contribution in [3.63, 3.8) is 0 Å². The van der Waals surface area contributed by atoms with Gasteiger partial charge in [0.2, 0.25) is 15.9 Å². The molecule has 1 atom stereocenters. The minimum atomic E-state index is -3.80. The molecule has 1 N–H and O–H groups in total. The summed E-state index contributed by atoms with van der Waals surface area (Å²) in [7, 11) is -2.36. The number of methoxy groups -OCH3 is 1. The van der Waals surface area contributed by atoms with Crippen LogP contribution in [0.1, 0.15) is 24.5 Å². The standard InChI is InChI=1S/C20H25ClN2O4S/c1-6-17(20(24)22-16-10-13(2)9-14(3)11-16)23(28(5,25)26)18-12-15(21)7-8-19(18)27-4/h7-12,17H,6H2,1-5H3,(H,22,24). The highest BCUT2D eigenvalue weighted by molar-refractivity contribution is 7.92. The molecule has 0 saturated heterocycles. The van der Waals surface area contributed by atoms with E-state index in [0.29, 0.717) is 16.5 Å². The summed E-state index contributed by atoms with van der Waals surface area (Å²) in [4.78, 5) is 13.0. The molecule has 1 amide bonds. The van der Waals surface area contributed by atoms with E-state index >= 15 is 0 Å². The van der Waals surface area contributed by atoms with Crippen LogP contribution in [0.5, 0.6) is 5.75 Å². The van der Waals surface area contributed by atoms with Crippen molar-refractivity contribution >= 4 is 38.9 Å². The fraction of sp³-hybridized carbons (Fsp3) is 0.350. The smallest absolute Gasteiger partial charge is 0.248 e. The molecule has 152 valence electrons. The summed E-state index contributed by atoms with van der Waals surface area (Å²) in [5.41, 5.74) is 2.84. The molecule has 0 heterocycles. The number of hydrogen-bond donors (Lipinski definition) is 1. The molecule has 0 aliphatic rings. The van der Waals surface area contributed by atoms with Gasteiger partial charge in [0.25, 0.3) is 0 Å². The number of sulfonamides is 1. The number of carbonyl (C=O) groups excluding carboxylic acids is 1. The maximum Gasteiger partial charge on any atom is 0.248 e. The summed E-state index contributed by atoms with van der Waals surface area (Å²) < 4.78 is 31.6. The van der Waals surface area contributed by atoms with Crippen molar-refractivity contribution in [2.24, 2.45) is 0 Å². The number of halogens is 1. The van der Waals surface area contributed by atoms with Gasteiger partial charge in [0.1, 0.15) is 11.8 Å². The lowest BCUT2D eigenvalue weighted by Crippen LogP contribution is -2.47. The molecule has 0 spiro atoms. The zero-order valence-electron chi connectivity index (χ0n) is 16.6. The first-order valence-electron chi connectivity index (χ1n) is 8.79. The molecule has 0 fully saturated rings. The van der Waals surface area contributed by atoms with Crippen LogP contribution in [0, 0.1) is 13.8 Å². The van der Waals surface area contributed by atoms with Crippen molar-refractivity contribution < 1.29 is 17.9 Å². The van der Waals surface area contributed by atoms with Gasteiger partial charge in [-0.2, -0.15) is 0 Å². The lowest BCUT2D eigenvalue weighted by atomic mass is 10.1. The molecule has 0 aliphatic carbocycles. The van der Waals surface area contributed by atoms with Gasteiger partial charge in [0, 0.05) is 10.7 Å². The first kappa shape index (κ1) is 22.0. The highest BCUT2D eigenvalue weighted by Crippen LogP contribution is 2.35. The average molecular weight is 425 g/mol. The predicted octanol–water partition coefficient (Wildman–Crippen LogP) is 4.15. The molecule has 2 aromatic carbocycles. The Kier molecular flexibility index (Phi) is 6.96. The van der Waals surface area contributed by atoms with E-state index < -0.39 is 22.0 Å². The number of benzene rings is 2. The van der Waals surface area contributed by atoms with Gasteiger partial charge in [-0.15, -0.1) is 0 Å². The fourth-order valence-electron chi connectivity index (χ4n) is 3.14. The number of amides is 1. The van der Waals surface area contributed by atoms with Crippen LogP contribution in [0.2, 0.25) is 5.02 Å². The van der Waals surface area contributed by atoms with Gasteiger partial charge in [-0.25, -0.2) is 8.42 Å². The quantitative estimate of drug-likeness (QED) is 0.724. The lowest BCUT2D eigenvalue weighted by molar-refractivity contribution is -0.117. The first-order chi connectivity index (χ1) is 13.1. The van der Waals surface area contributed by atoms with Crippen molar-refractivity contribution in [3.8, 4) is 5.75 Å². The SMILES string of the molecule is CCC(C(=O)Nc1cc(C)cc(C)c1)N(c1cc(Cl)ccc1OC)S(C)(=O)=O. The highest BCUT2D eigenvalue weighted by Gasteiger charge is 2.33. The number of hydrogen-bond acceptors (Lipinski definition) is 4. The fourth-order valence-corrected chi connectivity index (χ4v) is 4.52. The maximum atomic E-state index is 13.0. The summed E-state index contributed by atoms with van der Waals surface area (Å²) in [6.45, 7) is 5.61. The van der Waals surface area contributed by atoms with E-state index in [-0.39, 0.29) is 12.1 Å². The second-order valence-corrected chi connectivity index (χ2v) is 8.96. The second-order valence-electron chi connectivity index (χ2n) is 6.66. The van der Waals surface area contributed by atoms with E-state index in [1.807, 2.05) is 32.0 Å². The summed E-state index contributed by atoms with van der Waals surface area (Å²) in [6, 6.07) is 9.35. The predicted molar refractivity (Wildman–Crippen MR) is 114 cm³/mol.